The Kier molecular flexibility index (Phi) is 7.84. The van der Waals surface area contributed by atoms with E-state index in [1.165, 1.54) is 31.3 Å². The molecular formula is C18H31NO2. The SMILES string of the molecule is CCC(CC(C)CCC1CCC(C(=O)N=O)CC1)=C(C)C. The van der Waals surface area contributed by atoms with Gasteiger partial charge in [-0.3, -0.25) is 4.79 Å². The molecule has 0 saturated heterocycles. The first kappa shape index (κ1) is 18.1. The molecule has 1 saturated carbocycles. The largest absolute Gasteiger partial charge is 0.289 e. The molecule has 1 aliphatic carbocycles. The molecule has 1 atom stereocenters. The van der Waals surface area contributed by atoms with Gasteiger partial charge in [-0.1, -0.05) is 37.8 Å². The van der Waals surface area contributed by atoms with Crippen molar-refractivity contribution in [1.82, 2.24) is 0 Å². The molecular weight excluding hydrogens is 262 g/mol. The van der Waals surface area contributed by atoms with Crippen molar-refractivity contribution in [3.63, 3.8) is 0 Å². The summed E-state index contributed by atoms with van der Waals surface area (Å²) < 4.78 is 0. The van der Waals surface area contributed by atoms with E-state index in [9.17, 15) is 9.70 Å². The lowest BCUT2D eigenvalue weighted by Crippen LogP contribution is -2.20. The van der Waals surface area contributed by atoms with E-state index < -0.39 is 5.91 Å². The van der Waals surface area contributed by atoms with E-state index in [1.54, 1.807) is 5.57 Å². The highest BCUT2D eigenvalue weighted by Gasteiger charge is 2.26. The number of nitroso groups, excluding NO2 is 1. The molecule has 1 rings (SSSR count). The standard InChI is InChI=1S/C18H31NO2/c1-5-16(13(2)3)12-14(4)6-7-15-8-10-17(11-9-15)18(20)19-21/h14-15,17H,5-12H2,1-4H3. The highest BCUT2D eigenvalue weighted by molar-refractivity contribution is 5.79. The smallest absolute Gasteiger partial charge is 0.269 e. The predicted octanol–water partition coefficient (Wildman–Crippen LogP) is 5.64. The minimum absolute atomic E-state index is 0.0893. The second-order valence-electron chi connectivity index (χ2n) is 6.99. The fourth-order valence-corrected chi connectivity index (χ4v) is 3.52. The summed E-state index contributed by atoms with van der Waals surface area (Å²) in [5.41, 5.74) is 3.08. The third-order valence-electron chi connectivity index (χ3n) is 5.08. The summed E-state index contributed by atoms with van der Waals surface area (Å²) in [5.74, 6) is 0.956. The minimum atomic E-state index is -0.432. The summed E-state index contributed by atoms with van der Waals surface area (Å²) in [6, 6.07) is 0. The van der Waals surface area contributed by atoms with Gasteiger partial charge in [-0.25, -0.2) is 0 Å². The molecule has 0 aliphatic heterocycles. The van der Waals surface area contributed by atoms with Gasteiger partial charge >= 0.3 is 0 Å². The maximum Gasteiger partial charge on any atom is 0.289 e. The van der Waals surface area contributed by atoms with Gasteiger partial charge in [-0.15, -0.1) is 4.91 Å². The van der Waals surface area contributed by atoms with Crippen LogP contribution in [0.2, 0.25) is 0 Å². The van der Waals surface area contributed by atoms with E-state index in [4.69, 9.17) is 0 Å². The number of nitrogens with zero attached hydrogens (tertiary/aromatic N) is 1. The average molecular weight is 293 g/mol. The van der Waals surface area contributed by atoms with Crippen molar-refractivity contribution in [2.45, 2.75) is 79.1 Å². The number of carbonyl (C=O) groups is 1. The molecule has 1 fully saturated rings. The Morgan fingerprint density at radius 2 is 1.81 bits per heavy atom. The summed E-state index contributed by atoms with van der Waals surface area (Å²) in [5, 5.41) is 2.58. The number of hydrogen-bond acceptors (Lipinski definition) is 2. The molecule has 0 aromatic rings. The fourth-order valence-electron chi connectivity index (χ4n) is 3.52. The van der Waals surface area contributed by atoms with Crippen LogP contribution in [0.3, 0.4) is 0 Å². The second kappa shape index (κ2) is 9.11. The van der Waals surface area contributed by atoms with Crippen molar-refractivity contribution in [1.29, 1.82) is 0 Å². The van der Waals surface area contributed by atoms with Gasteiger partial charge in [0.1, 0.15) is 0 Å². The second-order valence-corrected chi connectivity index (χ2v) is 6.99. The summed E-state index contributed by atoms with van der Waals surface area (Å²) in [6.07, 6.45) is 8.81. The molecule has 0 spiro atoms. The fraction of sp³-hybridized carbons (Fsp3) is 0.833. The van der Waals surface area contributed by atoms with Gasteiger partial charge in [0.15, 0.2) is 0 Å². The van der Waals surface area contributed by atoms with Crippen molar-refractivity contribution in [2.24, 2.45) is 22.9 Å². The first-order valence-electron chi connectivity index (χ1n) is 8.50. The van der Waals surface area contributed by atoms with Crippen molar-refractivity contribution >= 4 is 5.91 Å². The highest BCUT2D eigenvalue weighted by Crippen LogP contribution is 2.34. The quantitative estimate of drug-likeness (QED) is 0.450. The summed E-state index contributed by atoms with van der Waals surface area (Å²) in [7, 11) is 0. The Labute approximate surface area is 129 Å². The average Bonchev–Trinajstić information content (AvgIpc) is 2.49. The molecule has 1 unspecified atom stereocenters. The summed E-state index contributed by atoms with van der Waals surface area (Å²) in [4.78, 5) is 21.6. The van der Waals surface area contributed by atoms with E-state index >= 15 is 0 Å². The number of rotatable bonds is 7. The van der Waals surface area contributed by atoms with Gasteiger partial charge < -0.3 is 0 Å². The lowest BCUT2D eigenvalue weighted by molar-refractivity contribution is -0.122. The van der Waals surface area contributed by atoms with E-state index in [2.05, 4.69) is 32.9 Å². The van der Waals surface area contributed by atoms with E-state index in [1.807, 2.05) is 0 Å². The molecule has 0 radical (unpaired) electrons. The molecule has 3 heteroatoms. The van der Waals surface area contributed by atoms with Crippen LogP contribution in [0.4, 0.5) is 0 Å². The van der Waals surface area contributed by atoms with Crippen LogP contribution in [-0.4, -0.2) is 5.91 Å². The van der Waals surface area contributed by atoms with Crippen LogP contribution in [0.1, 0.15) is 79.1 Å². The van der Waals surface area contributed by atoms with Crippen LogP contribution in [0.25, 0.3) is 0 Å². The van der Waals surface area contributed by atoms with Crippen LogP contribution < -0.4 is 0 Å². The van der Waals surface area contributed by atoms with Gasteiger partial charge in [-0.2, -0.15) is 0 Å². The zero-order valence-corrected chi connectivity index (χ0v) is 14.2. The Morgan fingerprint density at radius 1 is 1.19 bits per heavy atom. The zero-order chi connectivity index (χ0) is 15.8. The van der Waals surface area contributed by atoms with E-state index in [0.717, 1.165) is 37.5 Å². The molecule has 21 heavy (non-hydrogen) atoms. The lowest BCUT2D eigenvalue weighted by Gasteiger charge is -2.27. The molecule has 0 aromatic carbocycles. The van der Waals surface area contributed by atoms with Gasteiger partial charge in [0, 0.05) is 11.1 Å². The predicted molar refractivity (Wildman–Crippen MR) is 87.9 cm³/mol. The number of hydrogen-bond donors (Lipinski definition) is 0. The van der Waals surface area contributed by atoms with Crippen molar-refractivity contribution in [3.05, 3.63) is 16.1 Å². The van der Waals surface area contributed by atoms with Crippen molar-refractivity contribution in [3.8, 4) is 0 Å². The van der Waals surface area contributed by atoms with E-state index in [-0.39, 0.29) is 5.92 Å². The lowest BCUT2D eigenvalue weighted by atomic mass is 9.78. The third kappa shape index (κ3) is 6.11. The minimum Gasteiger partial charge on any atom is -0.269 e. The molecule has 3 nitrogen and oxygen atoms in total. The van der Waals surface area contributed by atoms with Gasteiger partial charge in [0.05, 0.1) is 0 Å². The monoisotopic (exact) mass is 293 g/mol. The summed E-state index contributed by atoms with van der Waals surface area (Å²) in [6.45, 7) is 9.02. The number of allylic oxidation sites excluding steroid dienone is 2. The zero-order valence-electron chi connectivity index (χ0n) is 14.2. The normalized spacial score (nSPS) is 23.4. The third-order valence-corrected chi connectivity index (χ3v) is 5.08. The maximum atomic E-state index is 11.3. The molecule has 1 aliphatic rings. The highest BCUT2D eigenvalue weighted by atomic mass is 16.3. The van der Waals surface area contributed by atoms with Gasteiger partial charge in [0.2, 0.25) is 0 Å². The topological polar surface area (TPSA) is 46.5 Å². The number of carbonyl (C=O) groups excluding carboxylic acids is 1. The molecule has 1 amide bonds. The number of amides is 1. The molecule has 120 valence electrons. The van der Waals surface area contributed by atoms with E-state index in [0.29, 0.717) is 0 Å². The molecule has 0 aromatic heterocycles. The Morgan fingerprint density at radius 3 is 2.29 bits per heavy atom. The van der Waals surface area contributed by atoms with Crippen molar-refractivity contribution in [2.75, 3.05) is 0 Å². The van der Waals surface area contributed by atoms with Crippen LogP contribution in [0, 0.1) is 22.7 Å². The van der Waals surface area contributed by atoms with Gasteiger partial charge in [-0.05, 0) is 64.2 Å². The summed E-state index contributed by atoms with van der Waals surface area (Å²) >= 11 is 0. The Bertz CT molecular complexity index is 375. The van der Waals surface area contributed by atoms with Crippen molar-refractivity contribution < 1.29 is 4.79 Å². The van der Waals surface area contributed by atoms with Crippen LogP contribution in [-0.2, 0) is 4.79 Å². The van der Waals surface area contributed by atoms with Crippen LogP contribution >= 0.6 is 0 Å². The Balaban J connectivity index is 2.29. The molecule has 0 heterocycles. The molecule has 0 N–H and O–H groups in total. The Hall–Kier alpha value is -0.990. The first-order valence-corrected chi connectivity index (χ1v) is 8.50. The van der Waals surface area contributed by atoms with Gasteiger partial charge in [0.25, 0.3) is 5.91 Å². The first-order chi connectivity index (χ1) is 9.97. The van der Waals surface area contributed by atoms with Crippen LogP contribution in [0.15, 0.2) is 16.3 Å². The maximum absolute atomic E-state index is 11.3. The molecule has 0 bridgehead atoms. The van der Waals surface area contributed by atoms with Crippen LogP contribution in [0.5, 0.6) is 0 Å².